The van der Waals surface area contributed by atoms with Crippen molar-refractivity contribution in [2.75, 3.05) is 0 Å². The lowest BCUT2D eigenvalue weighted by Crippen LogP contribution is -1.85. The standard InChI is InChI=1S/C10H20.CH2O3/c1-2-4-6-8-10-9-7-5-3-1;2-1(3)4/h1-10H2;(H2,2,3,4). The summed E-state index contributed by atoms with van der Waals surface area (Å²) in [7, 11) is 0. The van der Waals surface area contributed by atoms with Gasteiger partial charge in [-0.05, 0) is 0 Å². The van der Waals surface area contributed by atoms with Crippen LogP contribution < -0.4 is 0 Å². The first-order valence-corrected chi connectivity index (χ1v) is 5.65. The molecule has 0 aliphatic heterocycles. The highest BCUT2D eigenvalue weighted by molar-refractivity contribution is 5.53. The van der Waals surface area contributed by atoms with E-state index in [0.29, 0.717) is 0 Å². The van der Waals surface area contributed by atoms with Crippen LogP contribution in [0.25, 0.3) is 0 Å². The van der Waals surface area contributed by atoms with Crippen LogP contribution in [-0.4, -0.2) is 16.4 Å². The van der Waals surface area contributed by atoms with Crippen molar-refractivity contribution in [2.24, 2.45) is 0 Å². The van der Waals surface area contributed by atoms with Crippen molar-refractivity contribution in [3.8, 4) is 0 Å². The summed E-state index contributed by atoms with van der Waals surface area (Å²) in [5, 5.41) is 13.9. The van der Waals surface area contributed by atoms with Crippen molar-refractivity contribution >= 4 is 6.16 Å². The van der Waals surface area contributed by atoms with Gasteiger partial charge < -0.3 is 10.2 Å². The second-order valence-electron chi connectivity index (χ2n) is 3.82. The van der Waals surface area contributed by atoms with Gasteiger partial charge in [-0.15, -0.1) is 0 Å². The van der Waals surface area contributed by atoms with Crippen LogP contribution in [0.2, 0.25) is 0 Å². The number of carboxylic acid groups (broad SMARTS) is 2. The molecule has 1 rings (SSSR count). The third kappa shape index (κ3) is 13.8. The first-order chi connectivity index (χ1) is 6.73. The largest absolute Gasteiger partial charge is 0.503 e. The fourth-order valence-electron chi connectivity index (χ4n) is 1.77. The highest BCUT2D eigenvalue weighted by atomic mass is 16.6. The average molecular weight is 202 g/mol. The van der Waals surface area contributed by atoms with E-state index in [1.807, 2.05) is 0 Å². The molecule has 0 atom stereocenters. The van der Waals surface area contributed by atoms with Crippen LogP contribution in [0, 0.1) is 0 Å². The molecule has 0 aromatic heterocycles. The molecule has 3 heteroatoms. The summed E-state index contributed by atoms with van der Waals surface area (Å²) < 4.78 is 0. The van der Waals surface area contributed by atoms with Gasteiger partial charge in [-0.2, -0.15) is 0 Å². The van der Waals surface area contributed by atoms with Crippen molar-refractivity contribution in [3.05, 3.63) is 0 Å². The Morgan fingerprint density at radius 1 is 0.571 bits per heavy atom. The highest BCUT2D eigenvalue weighted by Crippen LogP contribution is 2.15. The Morgan fingerprint density at radius 2 is 0.643 bits per heavy atom. The molecule has 0 radical (unpaired) electrons. The first kappa shape index (κ1) is 13.3. The van der Waals surface area contributed by atoms with Gasteiger partial charge in [0.25, 0.3) is 0 Å². The first-order valence-electron chi connectivity index (χ1n) is 5.65. The molecular formula is C11H22O3. The van der Waals surface area contributed by atoms with Crippen molar-refractivity contribution in [1.29, 1.82) is 0 Å². The second-order valence-corrected chi connectivity index (χ2v) is 3.82. The van der Waals surface area contributed by atoms with E-state index in [1.165, 1.54) is 64.2 Å². The molecule has 0 amide bonds. The molecular weight excluding hydrogens is 180 g/mol. The average Bonchev–Trinajstić information content (AvgIpc) is 2.14. The molecule has 0 saturated heterocycles. The molecule has 1 fully saturated rings. The summed E-state index contributed by atoms with van der Waals surface area (Å²) in [6.45, 7) is 0. The van der Waals surface area contributed by atoms with Crippen LogP contribution in [-0.2, 0) is 0 Å². The molecule has 2 N–H and O–H groups in total. The second kappa shape index (κ2) is 10.4. The van der Waals surface area contributed by atoms with E-state index in [4.69, 9.17) is 15.0 Å². The summed E-state index contributed by atoms with van der Waals surface area (Å²) in [4.78, 5) is 8.56. The lowest BCUT2D eigenvalue weighted by Gasteiger charge is -2.05. The van der Waals surface area contributed by atoms with E-state index in [-0.39, 0.29) is 0 Å². The quantitative estimate of drug-likeness (QED) is 0.621. The zero-order valence-corrected chi connectivity index (χ0v) is 8.87. The van der Waals surface area contributed by atoms with Gasteiger partial charge in [0.15, 0.2) is 0 Å². The molecule has 84 valence electrons. The van der Waals surface area contributed by atoms with E-state index in [0.717, 1.165) is 0 Å². The van der Waals surface area contributed by atoms with Crippen LogP contribution >= 0.6 is 0 Å². The number of rotatable bonds is 0. The molecule has 1 saturated carbocycles. The maximum Gasteiger partial charge on any atom is 0.503 e. The molecule has 0 bridgehead atoms. The van der Waals surface area contributed by atoms with Gasteiger partial charge in [0.05, 0.1) is 0 Å². The fourth-order valence-corrected chi connectivity index (χ4v) is 1.77. The van der Waals surface area contributed by atoms with Crippen molar-refractivity contribution in [1.82, 2.24) is 0 Å². The van der Waals surface area contributed by atoms with Crippen LogP contribution in [0.3, 0.4) is 0 Å². The predicted molar refractivity (Wildman–Crippen MR) is 56.8 cm³/mol. The third-order valence-electron chi connectivity index (χ3n) is 2.50. The van der Waals surface area contributed by atoms with Gasteiger partial charge in [0, 0.05) is 0 Å². The molecule has 0 aromatic rings. The van der Waals surface area contributed by atoms with E-state index in [1.54, 1.807) is 0 Å². The summed E-state index contributed by atoms with van der Waals surface area (Å²) in [6.07, 6.45) is 13.2. The fraction of sp³-hybridized carbons (Fsp3) is 0.909. The van der Waals surface area contributed by atoms with Crippen molar-refractivity contribution in [3.63, 3.8) is 0 Å². The number of hydrogen-bond donors (Lipinski definition) is 2. The minimum atomic E-state index is -1.83. The third-order valence-corrected chi connectivity index (χ3v) is 2.50. The molecule has 0 spiro atoms. The van der Waals surface area contributed by atoms with Crippen LogP contribution in [0.15, 0.2) is 0 Å². The van der Waals surface area contributed by atoms with Crippen molar-refractivity contribution < 1.29 is 15.0 Å². The van der Waals surface area contributed by atoms with Crippen LogP contribution in [0.1, 0.15) is 64.2 Å². The minimum absolute atomic E-state index is 1.50. The summed E-state index contributed by atoms with van der Waals surface area (Å²) in [6, 6.07) is 0. The summed E-state index contributed by atoms with van der Waals surface area (Å²) in [5.74, 6) is 0. The Kier molecular flexibility index (Phi) is 9.81. The Labute approximate surface area is 86.1 Å². The lowest BCUT2D eigenvalue weighted by molar-refractivity contribution is 0.137. The Balaban J connectivity index is 0.000000364. The van der Waals surface area contributed by atoms with E-state index >= 15 is 0 Å². The monoisotopic (exact) mass is 202 g/mol. The van der Waals surface area contributed by atoms with Gasteiger partial charge in [-0.25, -0.2) is 4.79 Å². The summed E-state index contributed by atoms with van der Waals surface area (Å²) >= 11 is 0. The van der Waals surface area contributed by atoms with E-state index in [2.05, 4.69) is 0 Å². The molecule has 1 aliphatic carbocycles. The molecule has 0 unspecified atom stereocenters. The van der Waals surface area contributed by atoms with Gasteiger partial charge in [0.2, 0.25) is 0 Å². The smallest absolute Gasteiger partial charge is 0.450 e. The zero-order chi connectivity index (χ0) is 10.6. The number of hydrogen-bond acceptors (Lipinski definition) is 1. The Bertz CT molecular complexity index is 97.3. The topological polar surface area (TPSA) is 57.5 Å². The SMILES string of the molecule is C1CCCCCCCCC1.O=C(O)O. The van der Waals surface area contributed by atoms with Gasteiger partial charge in [-0.3, -0.25) is 0 Å². The normalized spacial score (nSPS) is 18.9. The van der Waals surface area contributed by atoms with Crippen molar-refractivity contribution in [2.45, 2.75) is 64.2 Å². The van der Waals surface area contributed by atoms with Crippen LogP contribution in [0.4, 0.5) is 4.79 Å². The maximum atomic E-state index is 8.56. The highest BCUT2D eigenvalue weighted by Gasteiger charge is 1.95. The van der Waals surface area contributed by atoms with E-state index in [9.17, 15) is 0 Å². The number of carbonyl (C=O) groups is 1. The van der Waals surface area contributed by atoms with Gasteiger partial charge in [-0.1, -0.05) is 64.2 Å². The molecule has 14 heavy (non-hydrogen) atoms. The molecule has 0 heterocycles. The Morgan fingerprint density at radius 3 is 0.714 bits per heavy atom. The Hall–Kier alpha value is -0.730. The predicted octanol–water partition coefficient (Wildman–Crippen LogP) is 4.12. The molecule has 1 aliphatic rings. The molecule has 3 nitrogen and oxygen atoms in total. The van der Waals surface area contributed by atoms with E-state index < -0.39 is 6.16 Å². The zero-order valence-electron chi connectivity index (χ0n) is 8.87. The maximum absolute atomic E-state index is 8.56. The lowest BCUT2D eigenvalue weighted by atomic mass is 10.0. The van der Waals surface area contributed by atoms with Gasteiger partial charge >= 0.3 is 6.16 Å². The summed E-state index contributed by atoms with van der Waals surface area (Å²) in [5.41, 5.74) is 0. The minimum Gasteiger partial charge on any atom is -0.450 e. The van der Waals surface area contributed by atoms with Gasteiger partial charge in [0.1, 0.15) is 0 Å². The molecule has 0 aromatic carbocycles. The van der Waals surface area contributed by atoms with Crippen LogP contribution in [0.5, 0.6) is 0 Å².